The minimum Gasteiger partial charge on any atom is -0.339 e. The van der Waals surface area contributed by atoms with Gasteiger partial charge in [0.05, 0.1) is 11.3 Å². The van der Waals surface area contributed by atoms with Crippen molar-refractivity contribution in [1.29, 1.82) is 0 Å². The Hall–Kier alpha value is -3.19. The first-order valence-electron chi connectivity index (χ1n) is 11.6. The van der Waals surface area contributed by atoms with Crippen LogP contribution < -0.4 is 10.5 Å². The van der Waals surface area contributed by atoms with E-state index >= 15 is 0 Å². The van der Waals surface area contributed by atoms with E-state index in [0.29, 0.717) is 51.9 Å². The van der Waals surface area contributed by atoms with Gasteiger partial charge in [-0.25, -0.2) is 15.1 Å². The molecule has 4 rings (SSSR count). The summed E-state index contributed by atoms with van der Waals surface area (Å²) < 4.78 is 78.1. The van der Waals surface area contributed by atoms with Crippen LogP contribution in [0.1, 0.15) is 60.4 Å². The molecule has 0 unspecified atom stereocenters. The lowest BCUT2D eigenvalue weighted by atomic mass is 9.82. The zero-order chi connectivity index (χ0) is 26.1. The van der Waals surface area contributed by atoms with E-state index in [9.17, 15) is 35.9 Å². The van der Waals surface area contributed by atoms with Crippen LogP contribution in [0.25, 0.3) is 0 Å². The van der Waals surface area contributed by atoms with Crippen molar-refractivity contribution >= 4 is 11.9 Å². The van der Waals surface area contributed by atoms with Gasteiger partial charge in [-0.15, -0.1) is 0 Å². The third-order valence-corrected chi connectivity index (χ3v) is 6.59. The number of hydrogen-bond acceptors (Lipinski definition) is 6. The molecule has 0 saturated carbocycles. The highest BCUT2D eigenvalue weighted by Gasteiger charge is 2.40. The summed E-state index contributed by atoms with van der Waals surface area (Å²) in [6, 6.07) is 0. The maximum Gasteiger partial charge on any atom is 0.422 e. The molecule has 2 aromatic rings. The standard InChI is InChI=1S/C22H24F6N6O2/c23-21(24,25)14-11-29-20(30-12-14)34-9-7-33(8-10-34)16(35)6-2-4-13-3-1-5-15-17(22(26,27)28)19(36)32-31-18(13)15/h11-13H,1-10H2,(H,32,36)/t13-/m1/s1. The number of nitrogens with one attached hydrogen (secondary N) is 1. The number of carbonyl (C=O) groups is 1. The number of anilines is 1. The summed E-state index contributed by atoms with van der Waals surface area (Å²) in [6.07, 6.45) is -5.42. The number of nitrogens with zero attached hydrogens (tertiary/aromatic N) is 5. The number of H-pyrrole nitrogens is 1. The molecule has 2 aliphatic rings. The van der Waals surface area contributed by atoms with E-state index in [-0.39, 0.29) is 41.9 Å². The number of aromatic amines is 1. The van der Waals surface area contributed by atoms with Gasteiger partial charge in [0, 0.05) is 50.9 Å². The quantitative estimate of drug-likeness (QED) is 0.609. The summed E-state index contributed by atoms with van der Waals surface area (Å²) in [5.41, 5.74) is -3.14. The summed E-state index contributed by atoms with van der Waals surface area (Å²) in [4.78, 5) is 35.3. The molecule has 1 N–H and O–H groups in total. The number of piperazine rings is 1. The Kier molecular flexibility index (Phi) is 7.23. The molecule has 196 valence electrons. The molecule has 2 aromatic heterocycles. The highest BCUT2D eigenvalue weighted by Crippen LogP contribution is 2.39. The monoisotopic (exact) mass is 518 g/mol. The van der Waals surface area contributed by atoms with Gasteiger partial charge in [0.1, 0.15) is 5.56 Å². The first-order valence-corrected chi connectivity index (χ1v) is 11.6. The molecule has 1 aliphatic heterocycles. The van der Waals surface area contributed by atoms with Crippen LogP contribution in [0.4, 0.5) is 32.3 Å². The van der Waals surface area contributed by atoms with Gasteiger partial charge < -0.3 is 9.80 Å². The number of amides is 1. The van der Waals surface area contributed by atoms with E-state index in [1.54, 1.807) is 9.80 Å². The van der Waals surface area contributed by atoms with Crippen molar-refractivity contribution in [2.24, 2.45) is 0 Å². The van der Waals surface area contributed by atoms with Gasteiger partial charge in [-0.1, -0.05) is 0 Å². The number of fused-ring (bicyclic) bond motifs is 1. The minimum atomic E-state index is -4.76. The summed E-state index contributed by atoms with van der Waals surface area (Å²) in [5, 5.41) is 5.88. The van der Waals surface area contributed by atoms with E-state index in [0.717, 1.165) is 12.4 Å². The Balaban J connectivity index is 1.29. The Labute approximate surface area is 201 Å². The predicted molar refractivity (Wildman–Crippen MR) is 115 cm³/mol. The fourth-order valence-electron chi connectivity index (χ4n) is 4.78. The average Bonchev–Trinajstić information content (AvgIpc) is 2.82. The minimum absolute atomic E-state index is 0.0459. The van der Waals surface area contributed by atoms with Gasteiger partial charge in [0.25, 0.3) is 5.56 Å². The van der Waals surface area contributed by atoms with Gasteiger partial charge in [0.15, 0.2) is 0 Å². The molecular weight excluding hydrogens is 494 g/mol. The molecule has 0 aromatic carbocycles. The molecule has 8 nitrogen and oxygen atoms in total. The number of halogens is 6. The Morgan fingerprint density at radius 1 is 1.03 bits per heavy atom. The fraction of sp³-hybridized carbons (Fsp3) is 0.591. The van der Waals surface area contributed by atoms with Crippen molar-refractivity contribution in [3.05, 3.63) is 45.1 Å². The van der Waals surface area contributed by atoms with Gasteiger partial charge in [-0.2, -0.15) is 31.4 Å². The number of aromatic nitrogens is 4. The second-order valence-corrected chi connectivity index (χ2v) is 8.91. The molecule has 14 heteroatoms. The van der Waals surface area contributed by atoms with E-state index in [1.165, 1.54) is 0 Å². The van der Waals surface area contributed by atoms with Crippen molar-refractivity contribution in [3.8, 4) is 0 Å². The van der Waals surface area contributed by atoms with Gasteiger partial charge in [-0.05, 0) is 37.7 Å². The molecule has 36 heavy (non-hydrogen) atoms. The van der Waals surface area contributed by atoms with E-state index in [1.807, 2.05) is 5.10 Å². The van der Waals surface area contributed by atoms with Crippen LogP contribution in [-0.2, 0) is 23.6 Å². The van der Waals surface area contributed by atoms with Gasteiger partial charge in [-0.3, -0.25) is 9.59 Å². The van der Waals surface area contributed by atoms with Crippen LogP contribution >= 0.6 is 0 Å². The topological polar surface area (TPSA) is 95.1 Å². The van der Waals surface area contributed by atoms with E-state index < -0.39 is 29.0 Å². The number of rotatable bonds is 5. The highest BCUT2D eigenvalue weighted by molar-refractivity contribution is 5.76. The van der Waals surface area contributed by atoms with Crippen molar-refractivity contribution in [2.75, 3.05) is 31.1 Å². The van der Waals surface area contributed by atoms with Crippen LogP contribution in [0.3, 0.4) is 0 Å². The zero-order valence-electron chi connectivity index (χ0n) is 19.1. The molecule has 1 atom stereocenters. The van der Waals surface area contributed by atoms with Crippen LogP contribution in [0.2, 0.25) is 0 Å². The smallest absolute Gasteiger partial charge is 0.339 e. The SMILES string of the molecule is O=C(CCC[C@H]1CCCc2c1n[nH]c(=O)c2C(F)(F)F)N1CCN(c2ncc(C(F)(F)F)cn2)CC1. The summed E-state index contributed by atoms with van der Waals surface area (Å²) in [5.74, 6) is -0.215. The molecule has 1 amide bonds. The van der Waals surface area contributed by atoms with Crippen LogP contribution in [0.15, 0.2) is 17.2 Å². The molecule has 0 radical (unpaired) electrons. The third kappa shape index (κ3) is 5.62. The Morgan fingerprint density at radius 3 is 2.31 bits per heavy atom. The molecule has 1 aliphatic carbocycles. The predicted octanol–water partition coefficient (Wildman–Crippen LogP) is 3.54. The average molecular weight is 518 g/mol. The summed E-state index contributed by atoms with van der Waals surface area (Å²) in [7, 11) is 0. The molecular formula is C22H24F6N6O2. The van der Waals surface area contributed by atoms with Crippen LogP contribution in [0, 0.1) is 0 Å². The van der Waals surface area contributed by atoms with Crippen LogP contribution in [0.5, 0.6) is 0 Å². The first kappa shape index (κ1) is 25.9. The zero-order valence-corrected chi connectivity index (χ0v) is 19.1. The summed E-state index contributed by atoms with van der Waals surface area (Å²) >= 11 is 0. The summed E-state index contributed by atoms with van der Waals surface area (Å²) in [6.45, 7) is 1.44. The largest absolute Gasteiger partial charge is 0.422 e. The number of alkyl halides is 6. The lowest BCUT2D eigenvalue weighted by molar-refractivity contribution is -0.140. The fourth-order valence-corrected chi connectivity index (χ4v) is 4.78. The molecule has 1 fully saturated rings. The Bertz CT molecular complexity index is 1140. The molecule has 3 heterocycles. The lowest BCUT2D eigenvalue weighted by Crippen LogP contribution is -2.49. The lowest BCUT2D eigenvalue weighted by Gasteiger charge is -2.35. The number of carbonyl (C=O) groups excluding carboxylic acids is 1. The molecule has 0 spiro atoms. The van der Waals surface area contributed by atoms with E-state index in [4.69, 9.17) is 0 Å². The van der Waals surface area contributed by atoms with Crippen LogP contribution in [-0.4, -0.2) is 57.2 Å². The maximum absolute atomic E-state index is 13.4. The highest BCUT2D eigenvalue weighted by atomic mass is 19.4. The molecule has 1 saturated heterocycles. The third-order valence-electron chi connectivity index (χ3n) is 6.59. The maximum atomic E-state index is 13.4. The van der Waals surface area contributed by atoms with Gasteiger partial charge >= 0.3 is 12.4 Å². The van der Waals surface area contributed by atoms with Crippen molar-refractivity contribution in [2.45, 2.75) is 56.8 Å². The Morgan fingerprint density at radius 2 is 1.69 bits per heavy atom. The second kappa shape index (κ2) is 10.1. The second-order valence-electron chi connectivity index (χ2n) is 8.91. The molecule has 0 bridgehead atoms. The van der Waals surface area contributed by atoms with Crippen molar-refractivity contribution < 1.29 is 31.1 Å². The van der Waals surface area contributed by atoms with Gasteiger partial charge in [0.2, 0.25) is 11.9 Å². The normalized spacial score (nSPS) is 18.8. The van der Waals surface area contributed by atoms with Crippen molar-refractivity contribution in [3.63, 3.8) is 0 Å². The number of hydrogen-bond donors (Lipinski definition) is 1. The van der Waals surface area contributed by atoms with E-state index in [2.05, 4.69) is 15.1 Å². The van der Waals surface area contributed by atoms with Crippen molar-refractivity contribution in [1.82, 2.24) is 25.1 Å². The first-order chi connectivity index (χ1) is 16.9.